The lowest BCUT2D eigenvalue weighted by Crippen LogP contribution is -2.38. The molecule has 3 heterocycles. The van der Waals surface area contributed by atoms with Crippen LogP contribution in [0.15, 0.2) is 18.3 Å². The number of fused-ring (bicyclic) bond motifs is 1. The Kier molecular flexibility index (Phi) is 8.44. The fraction of sp³-hybridized carbons (Fsp3) is 0.571. The monoisotopic (exact) mass is 539 g/mol. The maximum Gasteiger partial charge on any atom is 0.254 e. The van der Waals surface area contributed by atoms with E-state index in [1.54, 1.807) is 18.1 Å². The summed E-state index contributed by atoms with van der Waals surface area (Å²) in [7, 11) is 3.21. The van der Waals surface area contributed by atoms with Crippen molar-refractivity contribution in [3.63, 3.8) is 0 Å². The normalized spacial score (nSPS) is 18.6. The maximum absolute atomic E-state index is 15.1. The van der Waals surface area contributed by atoms with E-state index < -0.39 is 11.7 Å². The first-order chi connectivity index (χ1) is 18.9. The minimum absolute atomic E-state index is 0.0249. The van der Waals surface area contributed by atoms with Gasteiger partial charge >= 0.3 is 0 Å². The molecule has 1 aromatic heterocycles. The van der Waals surface area contributed by atoms with Crippen LogP contribution < -0.4 is 25.2 Å². The van der Waals surface area contributed by atoms with Crippen molar-refractivity contribution >= 4 is 35.0 Å². The Balaban J connectivity index is 1.36. The molecule has 0 unspecified atom stereocenters. The summed E-state index contributed by atoms with van der Waals surface area (Å²) in [6.45, 7) is 3.87. The summed E-state index contributed by atoms with van der Waals surface area (Å²) in [6.07, 6.45) is 10.1. The van der Waals surface area contributed by atoms with Crippen molar-refractivity contribution in [3.8, 4) is 5.75 Å². The summed E-state index contributed by atoms with van der Waals surface area (Å²) < 4.78 is 20.6. The Bertz CT molecular complexity index is 1200. The number of anilines is 4. The lowest BCUT2D eigenvalue weighted by molar-refractivity contribution is -0.118. The lowest BCUT2D eigenvalue weighted by atomic mass is 9.94. The zero-order valence-electron chi connectivity index (χ0n) is 22.8. The van der Waals surface area contributed by atoms with Gasteiger partial charge in [-0.05, 0) is 44.8 Å². The van der Waals surface area contributed by atoms with Crippen LogP contribution in [0.3, 0.4) is 0 Å². The number of hydrogen-bond donors (Lipinski definition) is 2. The van der Waals surface area contributed by atoms with Gasteiger partial charge in [0.05, 0.1) is 24.6 Å². The van der Waals surface area contributed by atoms with Crippen LogP contribution in [0.1, 0.15) is 61.7 Å². The number of ether oxygens (including phenoxy) is 1. The van der Waals surface area contributed by atoms with E-state index in [-0.39, 0.29) is 17.4 Å². The number of carbonyl (C=O) groups excluding carboxylic acids is 2. The average Bonchev–Trinajstić information content (AvgIpc) is 3.43. The molecule has 1 aromatic carbocycles. The first-order valence-corrected chi connectivity index (χ1v) is 14.0. The molecule has 1 aliphatic carbocycles. The van der Waals surface area contributed by atoms with E-state index in [2.05, 4.69) is 25.4 Å². The number of hydrogen-bond acceptors (Lipinski definition) is 8. The van der Waals surface area contributed by atoms with Gasteiger partial charge in [-0.1, -0.05) is 19.3 Å². The van der Waals surface area contributed by atoms with E-state index in [9.17, 15) is 9.59 Å². The molecule has 3 aliphatic rings. The van der Waals surface area contributed by atoms with Gasteiger partial charge in [0.2, 0.25) is 11.9 Å². The van der Waals surface area contributed by atoms with Crippen LogP contribution in [0.2, 0.25) is 0 Å². The second kappa shape index (κ2) is 12.1. The van der Waals surface area contributed by atoms with E-state index in [0.717, 1.165) is 45.3 Å². The SMILES string of the molecule is COc1cc(C(=O)NCCN2CCCC2)c(F)cc1Nc1ncc2c(n1)N(C1CCCCC1)CCC(=O)N2C. The molecule has 2 aliphatic heterocycles. The van der Waals surface area contributed by atoms with Crippen LogP contribution in [0.4, 0.5) is 27.5 Å². The van der Waals surface area contributed by atoms with Gasteiger partial charge in [-0.3, -0.25) is 9.59 Å². The molecule has 39 heavy (non-hydrogen) atoms. The molecular formula is C28H38FN7O3. The lowest BCUT2D eigenvalue weighted by Gasteiger charge is -2.35. The van der Waals surface area contributed by atoms with Gasteiger partial charge in [-0.2, -0.15) is 4.98 Å². The van der Waals surface area contributed by atoms with E-state index in [1.165, 1.54) is 38.5 Å². The van der Waals surface area contributed by atoms with Crippen LogP contribution in [-0.2, 0) is 4.79 Å². The summed E-state index contributed by atoms with van der Waals surface area (Å²) in [5.41, 5.74) is 0.892. The van der Waals surface area contributed by atoms with Gasteiger partial charge in [-0.15, -0.1) is 0 Å². The highest BCUT2D eigenvalue weighted by Crippen LogP contribution is 2.36. The van der Waals surface area contributed by atoms with Crippen LogP contribution in [-0.4, -0.2) is 79.6 Å². The van der Waals surface area contributed by atoms with Gasteiger partial charge in [0.1, 0.15) is 17.3 Å². The molecule has 5 rings (SSSR count). The molecule has 11 heteroatoms. The highest BCUT2D eigenvalue weighted by Gasteiger charge is 2.31. The van der Waals surface area contributed by atoms with Crippen molar-refractivity contribution in [3.05, 3.63) is 29.7 Å². The number of aromatic nitrogens is 2. The zero-order chi connectivity index (χ0) is 27.4. The van der Waals surface area contributed by atoms with Crippen LogP contribution >= 0.6 is 0 Å². The second-order valence-corrected chi connectivity index (χ2v) is 10.6. The highest BCUT2D eigenvalue weighted by molar-refractivity contribution is 5.97. The Hall–Kier alpha value is -3.47. The zero-order valence-corrected chi connectivity index (χ0v) is 22.8. The third kappa shape index (κ3) is 6.08. The summed E-state index contributed by atoms with van der Waals surface area (Å²) >= 11 is 0. The third-order valence-corrected chi connectivity index (χ3v) is 8.03. The van der Waals surface area contributed by atoms with Crippen molar-refractivity contribution in [1.82, 2.24) is 20.2 Å². The minimum atomic E-state index is -0.666. The molecule has 1 saturated carbocycles. The van der Waals surface area contributed by atoms with Crippen molar-refractivity contribution < 1.29 is 18.7 Å². The van der Waals surface area contributed by atoms with Crippen LogP contribution in [0.5, 0.6) is 5.75 Å². The molecule has 1 saturated heterocycles. The largest absolute Gasteiger partial charge is 0.495 e. The quantitative estimate of drug-likeness (QED) is 0.524. The Morgan fingerprint density at radius 3 is 2.64 bits per heavy atom. The van der Waals surface area contributed by atoms with Crippen LogP contribution in [0, 0.1) is 5.82 Å². The first-order valence-electron chi connectivity index (χ1n) is 14.0. The molecular weight excluding hydrogens is 501 g/mol. The second-order valence-electron chi connectivity index (χ2n) is 10.6. The summed E-state index contributed by atoms with van der Waals surface area (Å²) in [6, 6.07) is 2.94. The predicted octanol–water partition coefficient (Wildman–Crippen LogP) is 3.70. The predicted molar refractivity (Wildman–Crippen MR) is 149 cm³/mol. The Morgan fingerprint density at radius 1 is 1.13 bits per heavy atom. The third-order valence-electron chi connectivity index (χ3n) is 8.03. The first kappa shape index (κ1) is 27.1. The number of benzene rings is 1. The molecule has 2 N–H and O–H groups in total. The van der Waals surface area contributed by atoms with Crippen molar-refractivity contribution in [1.29, 1.82) is 0 Å². The van der Waals surface area contributed by atoms with E-state index in [0.29, 0.717) is 48.5 Å². The van der Waals surface area contributed by atoms with Crippen LogP contribution in [0.25, 0.3) is 0 Å². The van der Waals surface area contributed by atoms with Gasteiger partial charge in [0, 0.05) is 45.2 Å². The number of amides is 2. The van der Waals surface area contributed by atoms with Gasteiger partial charge in [-0.25, -0.2) is 9.37 Å². The van der Waals surface area contributed by atoms with Crippen molar-refractivity contribution in [2.45, 2.75) is 57.4 Å². The number of nitrogens with zero attached hydrogens (tertiary/aromatic N) is 5. The summed E-state index contributed by atoms with van der Waals surface area (Å²) in [4.78, 5) is 40.7. The topological polar surface area (TPSA) is 103 Å². The van der Waals surface area contributed by atoms with Gasteiger partial charge < -0.3 is 30.1 Å². The number of rotatable bonds is 8. The molecule has 2 aromatic rings. The smallest absolute Gasteiger partial charge is 0.254 e. The summed E-state index contributed by atoms with van der Waals surface area (Å²) in [5.74, 6) is 0.140. The molecule has 0 spiro atoms. The molecule has 0 bridgehead atoms. The van der Waals surface area contributed by atoms with Gasteiger partial charge in [0.15, 0.2) is 5.82 Å². The Morgan fingerprint density at radius 2 is 1.90 bits per heavy atom. The fourth-order valence-electron chi connectivity index (χ4n) is 5.79. The van der Waals surface area contributed by atoms with E-state index in [1.807, 2.05) is 0 Å². The number of likely N-dealkylation sites (tertiary alicyclic amines) is 1. The fourth-order valence-corrected chi connectivity index (χ4v) is 5.79. The Labute approximate surface area is 228 Å². The van der Waals surface area contributed by atoms with E-state index >= 15 is 4.39 Å². The highest BCUT2D eigenvalue weighted by atomic mass is 19.1. The standard InChI is InChI=1S/C28H38FN7O3/c1-34-23-18-31-28(33-26(23)36(14-10-25(34)37)19-8-4-3-5-9-19)32-22-17-21(29)20(16-24(22)39-2)27(38)30-11-15-35-12-6-7-13-35/h16-19H,3-15H2,1-2H3,(H,30,38)(H,31,32,33). The van der Waals surface area contributed by atoms with Gasteiger partial charge in [0.25, 0.3) is 5.91 Å². The number of halogens is 1. The number of methoxy groups -OCH3 is 1. The molecule has 10 nitrogen and oxygen atoms in total. The molecule has 2 fully saturated rings. The molecule has 0 radical (unpaired) electrons. The number of carbonyl (C=O) groups is 2. The maximum atomic E-state index is 15.1. The van der Waals surface area contributed by atoms with E-state index in [4.69, 9.17) is 9.72 Å². The molecule has 2 amide bonds. The summed E-state index contributed by atoms with van der Waals surface area (Å²) in [5, 5.41) is 5.89. The minimum Gasteiger partial charge on any atom is -0.495 e. The van der Waals surface area contributed by atoms with Crippen molar-refractivity contribution in [2.75, 3.05) is 62.0 Å². The average molecular weight is 540 g/mol. The number of nitrogens with one attached hydrogen (secondary N) is 2. The van der Waals surface area contributed by atoms with Crippen molar-refractivity contribution in [2.24, 2.45) is 0 Å². The molecule has 210 valence electrons. The molecule has 0 atom stereocenters.